The third-order valence-corrected chi connectivity index (χ3v) is 10.2. The van der Waals surface area contributed by atoms with E-state index in [1.807, 2.05) is 12.1 Å². The van der Waals surface area contributed by atoms with Gasteiger partial charge in [0.25, 0.3) is 0 Å². The molecule has 4 aliphatic heterocycles. The zero-order chi connectivity index (χ0) is 32.4. The van der Waals surface area contributed by atoms with E-state index in [9.17, 15) is 25.2 Å². The molecule has 256 valence electrons. The Bertz CT molecular complexity index is 1330. The Balaban J connectivity index is 1.27. The van der Waals surface area contributed by atoms with Crippen LogP contribution in [0, 0.1) is 11.8 Å². The van der Waals surface area contributed by atoms with E-state index in [-0.39, 0.29) is 19.1 Å². The van der Waals surface area contributed by atoms with Crippen molar-refractivity contribution in [2.75, 3.05) is 66.4 Å². The minimum Gasteiger partial charge on any atom is -0.462 e. The van der Waals surface area contributed by atoms with Crippen molar-refractivity contribution in [1.29, 1.82) is 0 Å². The lowest BCUT2D eigenvalue weighted by Crippen LogP contribution is -2.60. The first-order valence-corrected chi connectivity index (χ1v) is 16.6. The van der Waals surface area contributed by atoms with Gasteiger partial charge in [-0.2, -0.15) is 0 Å². The lowest BCUT2D eigenvalue weighted by atomic mass is 9.65. The summed E-state index contributed by atoms with van der Waals surface area (Å²) < 4.78 is 35.1. The lowest BCUT2D eigenvalue weighted by Gasteiger charge is -2.53. The van der Waals surface area contributed by atoms with Gasteiger partial charge in [-0.05, 0) is 54.9 Å². The van der Waals surface area contributed by atoms with E-state index in [1.165, 1.54) is 6.42 Å². The summed E-state index contributed by atoms with van der Waals surface area (Å²) in [6.45, 7) is 5.88. The molecule has 7 rings (SSSR count). The van der Waals surface area contributed by atoms with Gasteiger partial charge in [-0.25, -0.2) is 9.36 Å². The second kappa shape index (κ2) is 14.8. The smallest absolute Gasteiger partial charge is 0.418 e. The normalized spacial score (nSPS) is 33.5. The molecule has 3 saturated heterocycles. The summed E-state index contributed by atoms with van der Waals surface area (Å²) >= 11 is 0. The van der Waals surface area contributed by atoms with E-state index in [2.05, 4.69) is 11.8 Å². The molecule has 0 spiro atoms. The summed E-state index contributed by atoms with van der Waals surface area (Å²) in [7, 11) is 1.62. The number of nitrogens with zero attached hydrogens (tertiary/aromatic N) is 2. The van der Waals surface area contributed by atoms with Crippen LogP contribution < -0.4 is 4.74 Å². The molecule has 0 amide bonds. The molecule has 4 fully saturated rings. The molecule has 1 aliphatic carbocycles. The molecule has 1 aromatic carbocycles. The molecule has 5 aliphatic rings. The number of carbonyl (C=O) groups excluding carboxylic acids is 1. The van der Waals surface area contributed by atoms with E-state index in [0.29, 0.717) is 55.6 Å². The SMILES string of the molecule is CC[C@H]1C[C@H]2C[C@H]3c4c(c5cc(O[C@H]6O[C@H](CO)[C@@H](O)[C@H](O)[C@@H]6O)ccc5n4C(=O)OCCOCCOCCOC)CCN(C2)C13. The molecule has 0 radical (unpaired) electrons. The molecule has 2 unspecified atom stereocenters. The van der Waals surface area contributed by atoms with Gasteiger partial charge in [-0.1, -0.05) is 13.3 Å². The molecule has 10 atom stereocenters. The van der Waals surface area contributed by atoms with Crippen LogP contribution >= 0.6 is 0 Å². The van der Waals surface area contributed by atoms with Crippen molar-refractivity contribution in [2.24, 2.45) is 11.8 Å². The van der Waals surface area contributed by atoms with E-state index < -0.39 is 43.4 Å². The van der Waals surface area contributed by atoms with Gasteiger partial charge in [-0.3, -0.25) is 4.90 Å². The van der Waals surface area contributed by atoms with Crippen molar-refractivity contribution in [3.05, 3.63) is 29.5 Å². The number of carbonyl (C=O) groups is 1. The zero-order valence-electron chi connectivity index (χ0n) is 26.7. The van der Waals surface area contributed by atoms with Crippen molar-refractivity contribution in [3.63, 3.8) is 0 Å². The molecule has 5 heterocycles. The highest BCUT2D eigenvalue weighted by Gasteiger charge is 2.50. The van der Waals surface area contributed by atoms with Gasteiger partial charge in [0.15, 0.2) is 0 Å². The van der Waals surface area contributed by atoms with Crippen LogP contribution in [0.2, 0.25) is 0 Å². The second-order valence-electron chi connectivity index (χ2n) is 12.9. The van der Waals surface area contributed by atoms with Crippen LogP contribution in [0.15, 0.2) is 18.2 Å². The number of hydrogen-bond donors (Lipinski definition) is 4. The third kappa shape index (κ3) is 6.54. The highest BCUT2D eigenvalue weighted by Crippen LogP contribution is 2.52. The molecular formula is C33H48N2O11. The maximum atomic E-state index is 13.9. The molecule has 2 aromatic rings. The van der Waals surface area contributed by atoms with Gasteiger partial charge < -0.3 is 48.8 Å². The fraction of sp³-hybridized carbons (Fsp3) is 0.727. The lowest BCUT2D eigenvalue weighted by molar-refractivity contribution is -0.277. The second-order valence-corrected chi connectivity index (χ2v) is 12.9. The molecule has 13 nitrogen and oxygen atoms in total. The van der Waals surface area contributed by atoms with Gasteiger partial charge in [0.2, 0.25) is 6.29 Å². The van der Waals surface area contributed by atoms with E-state index in [4.69, 9.17) is 28.4 Å². The number of benzene rings is 1. The van der Waals surface area contributed by atoms with E-state index >= 15 is 0 Å². The van der Waals surface area contributed by atoms with Crippen LogP contribution in [-0.2, 0) is 30.1 Å². The fourth-order valence-electron chi connectivity index (χ4n) is 8.12. The molecule has 1 saturated carbocycles. The van der Waals surface area contributed by atoms with Gasteiger partial charge in [-0.15, -0.1) is 0 Å². The monoisotopic (exact) mass is 648 g/mol. The number of piperidine rings is 2. The van der Waals surface area contributed by atoms with Crippen LogP contribution in [0.5, 0.6) is 5.75 Å². The number of methoxy groups -OCH3 is 1. The Kier molecular flexibility index (Phi) is 10.8. The summed E-state index contributed by atoms with van der Waals surface area (Å²) in [5.41, 5.74) is 2.81. The number of ether oxygens (including phenoxy) is 6. The van der Waals surface area contributed by atoms with Crippen LogP contribution in [0.4, 0.5) is 4.79 Å². The molecule has 13 heteroatoms. The predicted molar refractivity (Wildman–Crippen MR) is 165 cm³/mol. The quantitative estimate of drug-likeness (QED) is 0.231. The molecule has 4 bridgehead atoms. The summed E-state index contributed by atoms with van der Waals surface area (Å²) in [4.78, 5) is 16.5. The van der Waals surface area contributed by atoms with Crippen molar-refractivity contribution in [2.45, 2.75) is 75.3 Å². The summed E-state index contributed by atoms with van der Waals surface area (Å²) in [5.74, 6) is 1.70. The first-order chi connectivity index (χ1) is 22.4. The Hall–Kier alpha value is -2.33. The minimum atomic E-state index is -1.55. The highest BCUT2D eigenvalue weighted by atomic mass is 16.7. The van der Waals surface area contributed by atoms with E-state index in [1.54, 1.807) is 17.7 Å². The van der Waals surface area contributed by atoms with Crippen LogP contribution in [0.25, 0.3) is 10.9 Å². The summed E-state index contributed by atoms with van der Waals surface area (Å²) in [6.07, 6.45) is -3.29. The first kappa shape index (κ1) is 33.6. The molecule has 1 aromatic heterocycles. The van der Waals surface area contributed by atoms with E-state index in [0.717, 1.165) is 49.0 Å². The maximum Gasteiger partial charge on any atom is 0.418 e. The number of aliphatic hydroxyl groups is 4. The largest absolute Gasteiger partial charge is 0.462 e. The summed E-state index contributed by atoms with van der Waals surface area (Å²) in [5, 5.41) is 41.5. The first-order valence-electron chi connectivity index (χ1n) is 16.6. The Morgan fingerprint density at radius 2 is 1.76 bits per heavy atom. The number of aromatic nitrogens is 1. The van der Waals surface area contributed by atoms with Crippen LogP contribution in [0.3, 0.4) is 0 Å². The Labute approximate surface area is 268 Å². The molecule has 4 N–H and O–H groups in total. The standard InChI is InChI=1S/C33H48N2O11/c1-3-20-14-19-15-24-27(20)34(17-19)7-6-22-23-16-21(45-32-31(39)30(38)29(37)26(18-36)46-32)4-5-25(23)35(28(22)24)33(40)44-13-12-43-11-10-42-9-8-41-2/h4-5,16,19-20,24,26-27,29-32,36-39H,3,6-15,17-18H2,1-2H3/t19-,20-,24+,26+,27?,29+,30-,31-,32-/m0/s1. The third-order valence-electron chi connectivity index (χ3n) is 10.2. The van der Waals surface area contributed by atoms with Gasteiger partial charge >= 0.3 is 6.09 Å². The van der Waals surface area contributed by atoms with Crippen LogP contribution in [-0.4, -0.2) is 139 Å². The topological polar surface area (TPSA) is 162 Å². The highest BCUT2D eigenvalue weighted by molar-refractivity contribution is 5.95. The van der Waals surface area contributed by atoms with Gasteiger partial charge in [0.05, 0.1) is 45.2 Å². The van der Waals surface area contributed by atoms with Crippen molar-refractivity contribution in [1.82, 2.24) is 9.47 Å². The average molecular weight is 649 g/mol. The minimum absolute atomic E-state index is 0.101. The maximum absolute atomic E-state index is 13.9. The number of aliphatic hydroxyl groups excluding tert-OH is 4. The number of fused-ring (bicyclic) bond motifs is 4. The Morgan fingerprint density at radius 1 is 1.00 bits per heavy atom. The number of rotatable bonds is 13. The van der Waals surface area contributed by atoms with Crippen molar-refractivity contribution in [3.8, 4) is 5.75 Å². The fourth-order valence-corrected chi connectivity index (χ4v) is 8.12. The zero-order valence-corrected chi connectivity index (χ0v) is 26.7. The van der Waals surface area contributed by atoms with Crippen molar-refractivity contribution >= 4 is 17.0 Å². The van der Waals surface area contributed by atoms with Gasteiger partial charge in [0, 0.05) is 43.2 Å². The predicted octanol–water partition coefficient (Wildman–Crippen LogP) is 1.24. The van der Waals surface area contributed by atoms with Crippen molar-refractivity contribution < 1.29 is 53.6 Å². The molecular weight excluding hydrogens is 600 g/mol. The van der Waals surface area contributed by atoms with Gasteiger partial charge in [0.1, 0.15) is 36.8 Å². The molecule has 46 heavy (non-hydrogen) atoms. The Morgan fingerprint density at radius 3 is 2.50 bits per heavy atom. The number of hydrogen-bond acceptors (Lipinski definition) is 12. The average Bonchev–Trinajstić information content (AvgIpc) is 3.34. The summed E-state index contributed by atoms with van der Waals surface area (Å²) in [6, 6.07) is 5.70. The van der Waals surface area contributed by atoms with Crippen LogP contribution in [0.1, 0.15) is 43.4 Å².